The van der Waals surface area contributed by atoms with Crippen LogP contribution in [0.5, 0.6) is 0 Å². The molecule has 0 amide bonds. The summed E-state index contributed by atoms with van der Waals surface area (Å²) in [5.41, 5.74) is 0. The maximum Gasteiger partial charge on any atom is 0.329 e. The Balaban J connectivity index is 0. The number of hydrogen-bond acceptors (Lipinski definition) is 5. The first-order valence-electron chi connectivity index (χ1n) is 5.69. The molecule has 0 fully saturated rings. The Morgan fingerprint density at radius 3 is 1.71 bits per heavy atom. The van der Waals surface area contributed by atoms with E-state index in [1.165, 1.54) is 7.11 Å². The lowest BCUT2D eigenvalue weighted by Crippen LogP contribution is -2.02. The number of carboxylic acid groups (broad SMARTS) is 1. The molecule has 0 spiro atoms. The van der Waals surface area contributed by atoms with E-state index in [1.54, 1.807) is 0 Å². The third-order valence-electron chi connectivity index (χ3n) is 1.66. The largest absolute Gasteiger partial charge is 0.480 e. The number of rotatable bonds is 10. The molecule has 6 nitrogen and oxygen atoms in total. The molecule has 0 radical (unpaired) electrons. The zero-order chi connectivity index (χ0) is 13.4. The summed E-state index contributed by atoms with van der Waals surface area (Å²) >= 11 is 0. The van der Waals surface area contributed by atoms with Crippen molar-refractivity contribution in [2.24, 2.45) is 0 Å². The van der Waals surface area contributed by atoms with Crippen molar-refractivity contribution in [1.82, 2.24) is 0 Å². The van der Waals surface area contributed by atoms with Crippen LogP contribution in [-0.4, -0.2) is 61.4 Å². The number of methoxy groups -OCH3 is 1. The van der Waals surface area contributed by atoms with Crippen LogP contribution < -0.4 is 0 Å². The van der Waals surface area contributed by atoms with Gasteiger partial charge in [-0.2, -0.15) is 0 Å². The van der Waals surface area contributed by atoms with E-state index in [0.29, 0.717) is 0 Å². The Morgan fingerprint density at radius 2 is 1.47 bits per heavy atom. The number of ether oxygens (including phenoxy) is 2. The highest BCUT2D eigenvalue weighted by molar-refractivity contribution is 5.67. The van der Waals surface area contributed by atoms with Crippen LogP contribution in [0.4, 0.5) is 0 Å². The first-order valence-corrected chi connectivity index (χ1v) is 5.69. The molecular weight excluding hydrogens is 228 g/mol. The fraction of sp³-hybridized carbons (Fsp3) is 0.909. The highest BCUT2D eigenvalue weighted by atomic mass is 16.5. The summed E-state index contributed by atoms with van der Waals surface area (Å²) in [6, 6.07) is 0. The first-order chi connectivity index (χ1) is 8.18. The molecule has 0 aromatic rings. The summed E-state index contributed by atoms with van der Waals surface area (Å²) in [6.07, 6.45) is 3.49. The molecule has 0 aromatic heterocycles. The molecule has 17 heavy (non-hydrogen) atoms. The number of unbranched alkanes of at least 4 members (excludes halogenated alkanes) is 2. The van der Waals surface area contributed by atoms with Gasteiger partial charge in [0.1, 0.15) is 6.61 Å². The van der Waals surface area contributed by atoms with Crippen LogP contribution in [0.1, 0.15) is 25.7 Å². The normalized spacial score (nSPS) is 9.59. The lowest BCUT2D eigenvalue weighted by Gasteiger charge is -2.01. The topological polar surface area (TPSA) is 96.2 Å². The summed E-state index contributed by atoms with van der Waals surface area (Å²) in [7, 11) is 1.34. The molecular formula is C11H24O6. The van der Waals surface area contributed by atoms with E-state index in [1.807, 2.05) is 0 Å². The molecule has 0 rings (SSSR count). The van der Waals surface area contributed by atoms with Crippen LogP contribution in [0.3, 0.4) is 0 Å². The number of carbonyl (C=O) groups is 1. The van der Waals surface area contributed by atoms with E-state index in [4.69, 9.17) is 20.1 Å². The van der Waals surface area contributed by atoms with Gasteiger partial charge in [-0.25, -0.2) is 4.79 Å². The van der Waals surface area contributed by atoms with Crippen molar-refractivity contribution in [3.05, 3.63) is 0 Å². The smallest absolute Gasteiger partial charge is 0.329 e. The molecule has 0 aromatic carbocycles. The average molecular weight is 252 g/mol. The second kappa shape index (κ2) is 17.7. The maximum absolute atomic E-state index is 9.47. The monoisotopic (exact) mass is 252 g/mol. The van der Waals surface area contributed by atoms with Crippen molar-refractivity contribution < 1.29 is 29.6 Å². The fourth-order valence-electron chi connectivity index (χ4n) is 0.857. The van der Waals surface area contributed by atoms with Crippen LogP contribution in [0, 0.1) is 0 Å². The third kappa shape index (κ3) is 25.5. The van der Waals surface area contributed by atoms with Gasteiger partial charge in [-0.1, -0.05) is 0 Å². The Bertz CT molecular complexity index is 143. The van der Waals surface area contributed by atoms with Gasteiger partial charge in [0.2, 0.25) is 0 Å². The van der Waals surface area contributed by atoms with E-state index in [9.17, 15) is 4.79 Å². The average Bonchev–Trinajstić information content (AvgIpc) is 2.29. The van der Waals surface area contributed by atoms with E-state index in [2.05, 4.69) is 4.74 Å². The van der Waals surface area contributed by atoms with Gasteiger partial charge in [0.15, 0.2) is 0 Å². The number of carboxylic acids is 1. The fourth-order valence-corrected chi connectivity index (χ4v) is 0.857. The second-order valence-corrected chi connectivity index (χ2v) is 3.30. The zero-order valence-corrected chi connectivity index (χ0v) is 10.4. The minimum Gasteiger partial charge on any atom is -0.480 e. The molecule has 0 saturated heterocycles. The second-order valence-electron chi connectivity index (χ2n) is 3.30. The van der Waals surface area contributed by atoms with Crippen LogP contribution in [0.15, 0.2) is 0 Å². The lowest BCUT2D eigenvalue weighted by molar-refractivity contribution is -0.141. The Morgan fingerprint density at radius 1 is 1.00 bits per heavy atom. The number of hydrogen-bond donors (Lipinski definition) is 3. The molecule has 0 aliphatic heterocycles. The maximum atomic E-state index is 9.47. The van der Waals surface area contributed by atoms with Gasteiger partial charge < -0.3 is 24.8 Å². The van der Waals surface area contributed by atoms with Gasteiger partial charge in [-0.3, -0.25) is 0 Å². The van der Waals surface area contributed by atoms with Crippen LogP contribution in [0.2, 0.25) is 0 Å². The number of aliphatic hydroxyl groups excluding tert-OH is 2. The number of aliphatic carboxylic acids is 1. The predicted octanol–water partition coefficient (Wildman–Crippen LogP) is 0.265. The highest BCUT2D eigenvalue weighted by Gasteiger charge is 1.89. The van der Waals surface area contributed by atoms with Crippen LogP contribution >= 0.6 is 0 Å². The van der Waals surface area contributed by atoms with Crippen molar-refractivity contribution in [2.45, 2.75) is 25.7 Å². The summed E-state index contributed by atoms with van der Waals surface area (Å²) in [4.78, 5) is 9.47. The SMILES string of the molecule is COCC(=O)O.OCCCCOCCCCO. The molecule has 3 N–H and O–H groups in total. The minimum atomic E-state index is -0.933. The van der Waals surface area contributed by atoms with Gasteiger partial charge in [0, 0.05) is 33.5 Å². The van der Waals surface area contributed by atoms with Gasteiger partial charge in [-0.05, 0) is 25.7 Å². The molecule has 0 heterocycles. The first kappa shape index (κ1) is 18.7. The summed E-state index contributed by atoms with van der Waals surface area (Å²) < 4.78 is 9.42. The molecule has 104 valence electrons. The van der Waals surface area contributed by atoms with Gasteiger partial charge in [0.25, 0.3) is 0 Å². The molecule has 0 saturated carbocycles. The van der Waals surface area contributed by atoms with E-state index in [0.717, 1.165) is 38.9 Å². The minimum absolute atomic E-state index is 0.208. The Kier molecular flexibility index (Phi) is 19.4. The van der Waals surface area contributed by atoms with Crippen molar-refractivity contribution in [1.29, 1.82) is 0 Å². The molecule has 0 bridgehead atoms. The summed E-state index contributed by atoms with van der Waals surface area (Å²) in [6.45, 7) is 1.75. The van der Waals surface area contributed by atoms with Crippen molar-refractivity contribution >= 4 is 5.97 Å². The Labute approximate surface area is 102 Å². The van der Waals surface area contributed by atoms with Crippen molar-refractivity contribution in [2.75, 3.05) is 40.1 Å². The quantitative estimate of drug-likeness (QED) is 0.483. The van der Waals surface area contributed by atoms with E-state index < -0.39 is 5.97 Å². The number of aliphatic hydroxyl groups is 2. The molecule has 6 heteroatoms. The third-order valence-corrected chi connectivity index (χ3v) is 1.66. The van der Waals surface area contributed by atoms with E-state index in [-0.39, 0.29) is 19.8 Å². The van der Waals surface area contributed by atoms with Crippen LogP contribution in [-0.2, 0) is 14.3 Å². The molecule has 0 unspecified atom stereocenters. The lowest BCUT2D eigenvalue weighted by atomic mass is 10.3. The van der Waals surface area contributed by atoms with E-state index >= 15 is 0 Å². The van der Waals surface area contributed by atoms with Crippen LogP contribution in [0.25, 0.3) is 0 Å². The van der Waals surface area contributed by atoms with Gasteiger partial charge in [-0.15, -0.1) is 0 Å². The zero-order valence-electron chi connectivity index (χ0n) is 10.4. The molecule has 0 aliphatic rings. The summed E-state index contributed by atoms with van der Waals surface area (Å²) in [5.74, 6) is -0.933. The van der Waals surface area contributed by atoms with Gasteiger partial charge >= 0.3 is 5.97 Å². The molecule has 0 aliphatic carbocycles. The van der Waals surface area contributed by atoms with Crippen molar-refractivity contribution in [3.8, 4) is 0 Å². The summed E-state index contributed by atoms with van der Waals surface area (Å²) in [5, 5.41) is 24.6. The highest BCUT2D eigenvalue weighted by Crippen LogP contribution is 1.92. The van der Waals surface area contributed by atoms with Gasteiger partial charge in [0.05, 0.1) is 0 Å². The van der Waals surface area contributed by atoms with Crippen molar-refractivity contribution in [3.63, 3.8) is 0 Å². The molecule has 0 atom stereocenters. The standard InChI is InChI=1S/C8H18O3.C3H6O3/c9-5-1-3-7-11-8-4-2-6-10;1-6-2-3(4)5/h9-10H,1-8H2;2H2,1H3,(H,4,5). The predicted molar refractivity (Wildman–Crippen MR) is 63.0 cm³/mol. The Hall–Kier alpha value is -0.690.